The van der Waals surface area contributed by atoms with Gasteiger partial charge < -0.3 is 4.57 Å². The Hall–Kier alpha value is -7.36. The number of rotatable bonds is 4. The van der Waals surface area contributed by atoms with E-state index >= 15 is 0 Å². The Kier molecular flexibility index (Phi) is 6.55. The molecule has 0 unspecified atom stereocenters. The number of benzene rings is 8. The summed E-state index contributed by atoms with van der Waals surface area (Å²) in [4.78, 5) is 10.1. The van der Waals surface area contributed by atoms with Crippen molar-refractivity contribution >= 4 is 21.8 Å². The zero-order valence-corrected chi connectivity index (χ0v) is 30.4. The first-order valence-corrected chi connectivity index (χ1v) is 19.3. The van der Waals surface area contributed by atoms with Crippen LogP contribution in [0.5, 0.6) is 0 Å². The molecule has 3 heteroatoms. The molecule has 8 aromatic carbocycles. The van der Waals surface area contributed by atoms with Crippen molar-refractivity contribution in [3.05, 3.63) is 222 Å². The molecule has 0 atom stereocenters. The predicted octanol–water partition coefficient (Wildman–Crippen LogP) is 12.9. The van der Waals surface area contributed by atoms with E-state index in [1.807, 2.05) is 24.3 Å². The van der Waals surface area contributed by atoms with Crippen molar-refractivity contribution in [3.63, 3.8) is 0 Å². The summed E-state index contributed by atoms with van der Waals surface area (Å²) in [5.74, 6) is 0.716. The number of para-hydroxylation sites is 1. The van der Waals surface area contributed by atoms with Crippen LogP contribution in [0.25, 0.3) is 83.6 Å². The summed E-state index contributed by atoms with van der Waals surface area (Å²) < 4.78 is 2.43. The van der Waals surface area contributed by atoms with Gasteiger partial charge in [-0.05, 0) is 74.8 Å². The highest BCUT2D eigenvalue weighted by atomic mass is 15.0. The summed E-state index contributed by atoms with van der Waals surface area (Å²) in [5.41, 5.74) is 18.7. The molecule has 1 spiro atoms. The van der Waals surface area contributed by atoms with Crippen LogP contribution in [0.15, 0.2) is 200 Å². The van der Waals surface area contributed by atoms with Crippen molar-refractivity contribution in [2.45, 2.75) is 5.41 Å². The van der Waals surface area contributed by atoms with Gasteiger partial charge in [0.15, 0.2) is 5.82 Å². The van der Waals surface area contributed by atoms with E-state index < -0.39 is 0 Å². The minimum absolute atomic E-state index is 0.382. The lowest BCUT2D eigenvalue weighted by Crippen LogP contribution is -2.25. The summed E-state index contributed by atoms with van der Waals surface area (Å²) in [6.07, 6.45) is 0. The summed E-state index contributed by atoms with van der Waals surface area (Å²) in [5, 5.41) is 2.55. The van der Waals surface area contributed by atoms with Gasteiger partial charge in [0.1, 0.15) is 0 Å². The van der Waals surface area contributed by atoms with Crippen LogP contribution in [-0.2, 0) is 5.41 Å². The van der Waals surface area contributed by atoms with Crippen LogP contribution < -0.4 is 0 Å². The maximum Gasteiger partial charge on any atom is 0.160 e. The van der Waals surface area contributed by atoms with Gasteiger partial charge in [0.05, 0.1) is 27.8 Å². The number of aromatic nitrogens is 3. The van der Waals surface area contributed by atoms with Crippen LogP contribution in [0.1, 0.15) is 22.3 Å². The topological polar surface area (TPSA) is 30.7 Å². The Balaban J connectivity index is 1.06. The van der Waals surface area contributed by atoms with Crippen molar-refractivity contribution in [3.8, 4) is 61.8 Å². The molecule has 56 heavy (non-hydrogen) atoms. The lowest BCUT2D eigenvalue weighted by Gasteiger charge is -2.30. The van der Waals surface area contributed by atoms with Crippen LogP contribution in [0.3, 0.4) is 0 Å². The average molecular weight is 712 g/mol. The summed E-state index contributed by atoms with van der Waals surface area (Å²) in [7, 11) is 0. The van der Waals surface area contributed by atoms with Crippen LogP contribution in [0.4, 0.5) is 0 Å². The van der Waals surface area contributed by atoms with Gasteiger partial charge in [-0.25, -0.2) is 9.97 Å². The molecule has 10 aromatic rings. The smallest absolute Gasteiger partial charge is 0.160 e. The molecule has 2 aliphatic carbocycles. The first kappa shape index (κ1) is 31.0. The lowest BCUT2D eigenvalue weighted by atomic mass is 9.70. The van der Waals surface area contributed by atoms with Gasteiger partial charge in [-0.3, -0.25) is 0 Å². The van der Waals surface area contributed by atoms with Crippen LogP contribution >= 0.6 is 0 Å². The lowest BCUT2D eigenvalue weighted by molar-refractivity contribution is 0.794. The highest BCUT2D eigenvalue weighted by molar-refractivity contribution is 6.18. The zero-order valence-electron chi connectivity index (χ0n) is 30.4. The van der Waals surface area contributed by atoms with E-state index in [1.165, 1.54) is 66.3 Å². The zero-order chi connectivity index (χ0) is 36.8. The van der Waals surface area contributed by atoms with Crippen molar-refractivity contribution in [1.29, 1.82) is 0 Å². The molecule has 0 amide bonds. The maximum atomic E-state index is 5.10. The van der Waals surface area contributed by atoms with E-state index in [1.54, 1.807) is 0 Å². The van der Waals surface area contributed by atoms with Gasteiger partial charge in [-0.2, -0.15) is 0 Å². The van der Waals surface area contributed by atoms with Crippen LogP contribution in [0.2, 0.25) is 0 Å². The first-order valence-electron chi connectivity index (χ1n) is 19.3. The van der Waals surface area contributed by atoms with Gasteiger partial charge >= 0.3 is 0 Å². The third kappa shape index (κ3) is 4.22. The minimum Gasteiger partial charge on any atom is -0.309 e. The normalized spacial score (nSPS) is 13.1. The second-order valence-electron chi connectivity index (χ2n) is 14.9. The van der Waals surface area contributed by atoms with E-state index in [0.717, 1.165) is 33.8 Å². The molecule has 2 aromatic heterocycles. The van der Waals surface area contributed by atoms with E-state index in [2.05, 4.69) is 180 Å². The molecule has 2 aliphatic rings. The van der Waals surface area contributed by atoms with Crippen molar-refractivity contribution in [1.82, 2.24) is 14.5 Å². The molecule has 0 N–H and O–H groups in total. The molecular weight excluding hydrogens is 679 g/mol. The highest BCUT2D eigenvalue weighted by Gasteiger charge is 2.52. The molecule has 0 fully saturated rings. The third-order valence-corrected chi connectivity index (χ3v) is 12.0. The molecule has 3 nitrogen and oxygen atoms in total. The fourth-order valence-electron chi connectivity index (χ4n) is 9.77. The molecule has 0 aliphatic heterocycles. The number of fused-ring (bicyclic) bond motifs is 14. The fourth-order valence-corrected chi connectivity index (χ4v) is 9.77. The fraction of sp³-hybridized carbons (Fsp3) is 0.0189. The van der Waals surface area contributed by atoms with Gasteiger partial charge in [0.25, 0.3) is 0 Å². The third-order valence-electron chi connectivity index (χ3n) is 12.0. The number of hydrogen-bond donors (Lipinski definition) is 0. The van der Waals surface area contributed by atoms with E-state index in [4.69, 9.17) is 9.97 Å². The van der Waals surface area contributed by atoms with E-state index in [-0.39, 0.29) is 5.41 Å². The van der Waals surface area contributed by atoms with Gasteiger partial charge in [0.2, 0.25) is 0 Å². The average Bonchev–Trinajstić information content (AvgIpc) is 3.89. The molecule has 0 saturated heterocycles. The van der Waals surface area contributed by atoms with Gasteiger partial charge in [-0.15, -0.1) is 0 Å². The molecule has 12 rings (SSSR count). The van der Waals surface area contributed by atoms with E-state index in [9.17, 15) is 0 Å². The monoisotopic (exact) mass is 711 g/mol. The second kappa shape index (κ2) is 11.8. The van der Waals surface area contributed by atoms with E-state index in [0.29, 0.717) is 5.82 Å². The second-order valence-corrected chi connectivity index (χ2v) is 14.9. The van der Waals surface area contributed by atoms with Crippen LogP contribution in [0, 0.1) is 0 Å². The summed E-state index contributed by atoms with van der Waals surface area (Å²) in [6.45, 7) is 0. The number of nitrogens with zero attached hydrogens (tertiary/aromatic N) is 3. The Labute approximate surface area is 324 Å². The summed E-state index contributed by atoms with van der Waals surface area (Å²) in [6, 6.07) is 72.4. The predicted molar refractivity (Wildman–Crippen MR) is 229 cm³/mol. The molecule has 2 heterocycles. The maximum absolute atomic E-state index is 5.10. The highest BCUT2D eigenvalue weighted by Crippen LogP contribution is 2.64. The minimum atomic E-state index is -0.382. The van der Waals surface area contributed by atoms with Crippen molar-refractivity contribution in [2.75, 3.05) is 0 Å². The van der Waals surface area contributed by atoms with Crippen molar-refractivity contribution in [2.24, 2.45) is 0 Å². The molecule has 0 bridgehead atoms. The molecular formula is C53H33N3. The van der Waals surface area contributed by atoms with Crippen LogP contribution in [-0.4, -0.2) is 14.5 Å². The largest absolute Gasteiger partial charge is 0.309 e. The van der Waals surface area contributed by atoms with Gasteiger partial charge in [-0.1, -0.05) is 170 Å². The standard InChI is InChI=1S/C53H33N3/c1-3-15-34(16-4-1)46-33-47(55-52(54-46)36-17-5-2-6-18-36)35-27-29-37(30-28-35)56-48-26-14-10-22-41(48)51-49(56)32-31-45-50(51)40-21-9-13-25-44(40)53(45)42-23-11-7-19-38(42)39-20-8-12-24-43(39)53/h1-33H. The molecule has 0 radical (unpaired) electrons. The quantitative estimate of drug-likeness (QED) is 0.182. The summed E-state index contributed by atoms with van der Waals surface area (Å²) >= 11 is 0. The Bertz CT molecular complexity index is 3070. The van der Waals surface area contributed by atoms with Crippen molar-refractivity contribution < 1.29 is 0 Å². The Morgan fingerprint density at radius 3 is 1.55 bits per heavy atom. The Morgan fingerprint density at radius 2 is 0.893 bits per heavy atom. The first-order chi connectivity index (χ1) is 27.8. The molecule has 260 valence electrons. The molecule has 0 saturated carbocycles. The Morgan fingerprint density at radius 1 is 0.375 bits per heavy atom. The van der Waals surface area contributed by atoms with Gasteiger partial charge in [0, 0.05) is 33.2 Å². The SMILES string of the molecule is c1ccc(-c2cc(-c3ccc(-n4c5ccccc5c5c6c(ccc54)C4(c5ccccc5-c5ccccc54)c4ccccc4-6)cc3)nc(-c3ccccc3)n2)cc1. The number of hydrogen-bond acceptors (Lipinski definition) is 2.